The summed E-state index contributed by atoms with van der Waals surface area (Å²) >= 11 is 6.41. The fraction of sp³-hybridized carbons (Fsp3) is 0.414. The molecule has 9 nitrogen and oxygen atoms in total. The van der Waals surface area contributed by atoms with E-state index in [0.29, 0.717) is 40.9 Å². The summed E-state index contributed by atoms with van der Waals surface area (Å²) in [4.78, 5) is 18.0. The van der Waals surface area contributed by atoms with Gasteiger partial charge >= 0.3 is 0 Å². The largest absolute Gasteiger partial charge is 0.322 e. The predicted octanol–water partition coefficient (Wildman–Crippen LogP) is 5.01. The summed E-state index contributed by atoms with van der Waals surface area (Å²) in [5, 5.41) is 24.9. The van der Waals surface area contributed by atoms with Crippen LogP contribution in [0.25, 0.3) is 5.65 Å². The number of imidazole rings is 1. The van der Waals surface area contributed by atoms with E-state index in [9.17, 15) is 10.1 Å². The highest BCUT2D eigenvalue weighted by Crippen LogP contribution is 2.53. The number of hydrogen-bond donors (Lipinski definition) is 2. The maximum Gasteiger partial charge on any atom is 0.259 e. The van der Waals surface area contributed by atoms with E-state index in [0.717, 1.165) is 42.6 Å². The quantitative estimate of drug-likeness (QED) is 0.323. The average Bonchev–Trinajstić information content (AvgIpc) is 3.48. The number of aromatic nitrogens is 5. The molecule has 0 radical (unpaired) electrons. The standard InChI is InChI=1S/C29H31ClN8O/c1-28(8-4-9-28)33-15-20-11-23(25-32-16-24(30)38(25)17-20)26(39)35-22-6-3-5-21(12-22)29(13-19(14-29)7-10-31)27-36-34-18-37(27)2/h3,5-6,11-12,16-19,33H,4,7-9,13-15H2,1-2H3,(H,35,39)/t19-,29+. The number of carbonyl (C=O) groups is 1. The molecule has 0 bridgehead atoms. The number of nitrogens with zero attached hydrogens (tertiary/aromatic N) is 6. The van der Waals surface area contributed by atoms with Crippen molar-refractivity contribution in [2.24, 2.45) is 13.0 Å². The Hall–Kier alpha value is -3.74. The maximum absolute atomic E-state index is 13.6. The van der Waals surface area contributed by atoms with Gasteiger partial charge < -0.3 is 15.2 Å². The normalized spacial score (nSPS) is 21.6. The number of nitriles is 1. The van der Waals surface area contributed by atoms with Gasteiger partial charge in [0, 0.05) is 37.4 Å². The van der Waals surface area contributed by atoms with Gasteiger partial charge in [0.15, 0.2) is 5.65 Å². The summed E-state index contributed by atoms with van der Waals surface area (Å²) in [5.41, 5.74) is 3.47. The zero-order chi connectivity index (χ0) is 27.2. The van der Waals surface area contributed by atoms with Crippen LogP contribution in [0.1, 0.15) is 72.8 Å². The van der Waals surface area contributed by atoms with Crippen LogP contribution in [0.4, 0.5) is 5.69 Å². The van der Waals surface area contributed by atoms with E-state index in [1.807, 2.05) is 42.1 Å². The number of amides is 1. The second-order valence-electron chi connectivity index (χ2n) is 11.3. The van der Waals surface area contributed by atoms with Crippen molar-refractivity contribution in [3.8, 4) is 6.07 Å². The van der Waals surface area contributed by atoms with Crippen molar-refractivity contribution in [2.75, 3.05) is 5.32 Å². The molecule has 2 aliphatic rings. The maximum atomic E-state index is 13.6. The van der Waals surface area contributed by atoms with Gasteiger partial charge in [0.25, 0.3) is 5.91 Å². The lowest BCUT2D eigenvalue weighted by atomic mass is 9.57. The number of fused-ring (bicyclic) bond motifs is 1. The molecule has 0 spiro atoms. The van der Waals surface area contributed by atoms with Crippen LogP contribution in [0.15, 0.2) is 49.1 Å². The van der Waals surface area contributed by atoms with Crippen molar-refractivity contribution in [3.63, 3.8) is 0 Å². The first-order valence-electron chi connectivity index (χ1n) is 13.3. The molecule has 0 unspecified atom stereocenters. The lowest BCUT2D eigenvalue weighted by Crippen LogP contribution is -2.47. The van der Waals surface area contributed by atoms with E-state index in [2.05, 4.69) is 44.9 Å². The zero-order valence-electron chi connectivity index (χ0n) is 22.1. The minimum atomic E-state index is -0.347. The molecule has 2 saturated carbocycles. The van der Waals surface area contributed by atoms with E-state index in [-0.39, 0.29) is 16.9 Å². The molecule has 10 heteroatoms. The summed E-state index contributed by atoms with van der Waals surface area (Å²) in [6, 6.07) is 12.1. The third-order valence-corrected chi connectivity index (χ3v) is 8.78. The van der Waals surface area contributed by atoms with Gasteiger partial charge in [-0.25, -0.2) is 4.98 Å². The first-order chi connectivity index (χ1) is 18.8. The lowest BCUT2D eigenvalue weighted by Gasteiger charge is -2.46. The van der Waals surface area contributed by atoms with Crippen molar-refractivity contribution in [1.82, 2.24) is 29.5 Å². The highest BCUT2D eigenvalue weighted by molar-refractivity contribution is 6.30. The minimum absolute atomic E-state index is 0.142. The Kier molecular flexibility index (Phi) is 6.40. The molecular weight excluding hydrogens is 512 g/mol. The summed E-state index contributed by atoms with van der Waals surface area (Å²) in [6.45, 7) is 2.87. The third kappa shape index (κ3) is 4.58. The molecule has 6 rings (SSSR count). The topological polar surface area (TPSA) is 113 Å². The number of pyridine rings is 1. The molecular formula is C29H31ClN8O. The fourth-order valence-electron chi connectivity index (χ4n) is 6.13. The number of benzene rings is 1. The van der Waals surface area contributed by atoms with Crippen LogP contribution in [0.2, 0.25) is 5.15 Å². The number of hydrogen-bond acceptors (Lipinski definition) is 6. The summed E-state index contributed by atoms with van der Waals surface area (Å²) in [5.74, 6) is 0.927. The van der Waals surface area contributed by atoms with Gasteiger partial charge in [0.1, 0.15) is 17.3 Å². The highest BCUT2D eigenvalue weighted by atomic mass is 35.5. The Morgan fingerprint density at radius 3 is 2.79 bits per heavy atom. The van der Waals surface area contributed by atoms with Crippen LogP contribution in [0.3, 0.4) is 0 Å². The number of aryl methyl sites for hydroxylation is 1. The lowest BCUT2D eigenvalue weighted by molar-refractivity contribution is 0.102. The smallest absolute Gasteiger partial charge is 0.259 e. The summed E-state index contributed by atoms with van der Waals surface area (Å²) in [7, 11) is 1.94. The van der Waals surface area contributed by atoms with Gasteiger partial charge in [-0.2, -0.15) is 5.26 Å². The minimum Gasteiger partial charge on any atom is -0.322 e. The van der Waals surface area contributed by atoms with Gasteiger partial charge in [-0.3, -0.25) is 9.20 Å². The first-order valence-corrected chi connectivity index (χ1v) is 13.7. The van der Waals surface area contributed by atoms with Crippen LogP contribution in [-0.2, 0) is 19.0 Å². The van der Waals surface area contributed by atoms with Gasteiger partial charge in [-0.15, -0.1) is 10.2 Å². The van der Waals surface area contributed by atoms with E-state index < -0.39 is 0 Å². The molecule has 4 aromatic rings. The van der Waals surface area contributed by atoms with Crippen molar-refractivity contribution < 1.29 is 4.79 Å². The number of anilines is 1. The fourth-order valence-corrected chi connectivity index (χ4v) is 6.31. The molecule has 0 atom stereocenters. The molecule has 1 amide bonds. The Labute approximate surface area is 232 Å². The number of carbonyl (C=O) groups excluding carboxylic acids is 1. The monoisotopic (exact) mass is 542 g/mol. The third-order valence-electron chi connectivity index (χ3n) is 8.50. The molecule has 1 aromatic carbocycles. The Morgan fingerprint density at radius 2 is 2.10 bits per heavy atom. The molecule has 39 heavy (non-hydrogen) atoms. The first kappa shape index (κ1) is 25.5. The van der Waals surface area contributed by atoms with Gasteiger partial charge in [0.2, 0.25) is 0 Å². The Balaban J connectivity index is 1.29. The molecule has 2 N–H and O–H groups in total. The predicted molar refractivity (Wildman–Crippen MR) is 148 cm³/mol. The van der Waals surface area contributed by atoms with E-state index in [4.69, 9.17) is 11.6 Å². The van der Waals surface area contributed by atoms with Crippen LogP contribution < -0.4 is 10.6 Å². The summed E-state index contributed by atoms with van der Waals surface area (Å²) < 4.78 is 3.70. The highest BCUT2D eigenvalue weighted by Gasteiger charge is 2.49. The van der Waals surface area contributed by atoms with Crippen LogP contribution in [0.5, 0.6) is 0 Å². The van der Waals surface area contributed by atoms with Gasteiger partial charge in [0.05, 0.1) is 23.2 Å². The molecule has 3 aromatic heterocycles. The van der Waals surface area contributed by atoms with Gasteiger partial charge in [-0.1, -0.05) is 23.7 Å². The Morgan fingerprint density at radius 1 is 1.28 bits per heavy atom. The van der Waals surface area contributed by atoms with Crippen LogP contribution in [0, 0.1) is 17.2 Å². The molecule has 0 aliphatic heterocycles. The van der Waals surface area contributed by atoms with E-state index in [1.54, 1.807) is 16.9 Å². The SMILES string of the molecule is Cn1cnnc1[C@]1(c2cccc(NC(=O)c3cc(CNC4(C)CCC4)cn4c(Cl)cnc34)c2)C[C@H](CC#N)C1. The second-order valence-corrected chi connectivity index (χ2v) is 11.7. The second kappa shape index (κ2) is 9.78. The van der Waals surface area contributed by atoms with E-state index in [1.165, 1.54) is 6.42 Å². The zero-order valence-corrected chi connectivity index (χ0v) is 22.9. The molecule has 2 aliphatic carbocycles. The number of nitrogens with one attached hydrogen (secondary N) is 2. The molecule has 0 saturated heterocycles. The number of rotatable bonds is 8. The van der Waals surface area contributed by atoms with Gasteiger partial charge in [-0.05, 0) is 74.3 Å². The van der Waals surface area contributed by atoms with Crippen molar-refractivity contribution in [3.05, 3.63) is 76.7 Å². The van der Waals surface area contributed by atoms with E-state index >= 15 is 0 Å². The van der Waals surface area contributed by atoms with Crippen LogP contribution >= 0.6 is 11.6 Å². The van der Waals surface area contributed by atoms with Crippen molar-refractivity contribution in [1.29, 1.82) is 5.26 Å². The van der Waals surface area contributed by atoms with Crippen molar-refractivity contribution in [2.45, 2.75) is 62.9 Å². The molecule has 200 valence electrons. The molecule has 2 fully saturated rings. The van der Waals surface area contributed by atoms with Crippen LogP contribution in [-0.4, -0.2) is 35.6 Å². The Bertz CT molecular complexity index is 1590. The average molecular weight is 543 g/mol. The summed E-state index contributed by atoms with van der Waals surface area (Å²) in [6.07, 6.45) is 10.9. The molecule has 3 heterocycles. The van der Waals surface area contributed by atoms with Crippen molar-refractivity contribution >= 4 is 28.8 Å². The number of halogens is 1.